The molecule has 65 valence electrons. The van der Waals surface area contributed by atoms with E-state index in [1.165, 1.54) is 0 Å². The zero-order valence-electron chi connectivity index (χ0n) is 6.51. The van der Waals surface area contributed by atoms with Crippen LogP contribution in [0, 0.1) is 6.20 Å². The molecule has 13 heavy (non-hydrogen) atoms. The van der Waals surface area contributed by atoms with Crippen LogP contribution >= 0.6 is 27.5 Å². The molecule has 1 N–H and O–H groups in total. The highest BCUT2D eigenvalue weighted by Crippen LogP contribution is 2.30. The van der Waals surface area contributed by atoms with Gasteiger partial charge in [0.1, 0.15) is 0 Å². The smallest absolute Gasteiger partial charge is 0.0921 e. The summed E-state index contributed by atoms with van der Waals surface area (Å²) in [7, 11) is 0. The predicted octanol–water partition coefficient (Wildman–Crippen LogP) is 3.29. The number of aromatic amines is 1. The minimum absolute atomic E-state index is 0.610. The third-order valence-electron chi connectivity index (χ3n) is 1.64. The monoisotopic (exact) mass is 255 g/mol. The van der Waals surface area contributed by atoms with Crippen molar-refractivity contribution in [3.8, 4) is 11.3 Å². The topological polar surface area (TPSA) is 28.7 Å². The van der Waals surface area contributed by atoms with Crippen molar-refractivity contribution in [2.24, 2.45) is 0 Å². The number of H-pyrrole nitrogens is 1. The van der Waals surface area contributed by atoms with Crippen molar-refractivity contribution in [1.29, 1.82) is 0 Å². The molecule has 0 saturated carbocycles. The van der Waals surface area contributed by atoms with Gasteiger partial charge in [-0.25, -0.2) is 0 Å². The Bertz CT molecular complexity index is 412. The van der Waals surface area contributed by atoms with Gasteiger partial charge < -0.3 is 4.98 Å². The van der Waals surface area contributed by atoms with E-state index >= 15 is 0 Å². The van der Waals surface area contributed by atoms with Gasteiger partial charge in [-0.3, -0.25) is 4.98 Å². The molecule has 0 fully saturated rings. The summed E-state index contributed by atoms with van der Waals surface area (Å²) in [4.78, 5) is 7.00. The van der Waals surface area contributed by atoms with Gasteiger partial charge in [-0.15, -0.1) is 0 Å². The van der Waals surface area contributed by atoms with Crippen LogP contribution in [-0.4, -0.2) is 9.97 Å². The maximum Gasteiger partial charge on any atom is 0.0921 e. The van der Waals surface area contributed by atoms with Crippen LogP contribution in [0.15, 0.2) is 29.0 Å². The summed E-state index contributed by atoms with van der Waals surface area (Å²) in [6.45, 7) is 0. The second-order valence-electron chi connectivity index (χ2n) is 2.47. The third kappa shape index (κ3) is 1.62. The average Bonchev–Trinajstić information content (AvgIpc) is 2.62. The molecule has 2 aromatic rings. The lowest BCUT2D eigenvalue weighted by atomic mass is 10.2. The van der Waals surface area contributed by atoms with Crippen molar-refractivity contribution in [1.82, 2.24) is 9.97 Å². The zero-order chi connectivity index (χ0) is 9.26. The minimum Gasteiger partial charge on any atom is -0.359 e. The molecular formula is C9H5BrClN2. The lowest BCUT2D eigenvalue weighted by Gasteiger charge is -2.00. The van der Waals surface area contributed by atoms with E-state index in [1.807, 2.05) is 6.07 Å². The molecule has 0 bridgehead atoms. The highest BCUT2D eigenvalue weighted by molar-refractivity contribution is 9.10. The van der Waals surface area contributed by atoms with E-state index in [-0.39, 0.29) is 0 Å². The maximum atomic E-state index is 6.04. The first-order valence-corrected chi connectivity index (χ1v) is 4.81. The van der Waals surface area contributed by atoms with Gasteiger partial charge >= 0.3 is 0 Å². The van der Waals surface area contributed by atoms with Crippen LogP contribution < -0.4 is 0 Å². The Balaban J connectivity index is 2.59. The molecule has 2 nitrogen and oxygen atoms in total. The van der Waals surface area contributed by atoms with E-state index in [0.717, 1.165) is 15.7 Å². The number of nitrogens with zero attached hydrogens (tertiary/aromatic N) is 1. The summed E-state index contributed by atoms with van der Waals surface area (Å²) in [6.07, 6.45) is 6.42. The fourth-order valence-corrected chi connectivity index (χ4v) is 1.55. The predicted molar refractivity (Wildman–Crippen MR) is 55.6 cm³/mol. The highest BCUT2D eigenvalue weighted by Gasteiger charge is 2.07. The Morgan fingerprint density at radius 3 is 3.00 bits per heavy atom. The first kappa shape index (κ1) is 8.78. The van der Waals surface area contributed by atoms with Crippen molar-refractivity contribution in [2.75, 3.05) is 0 Å². The van der Waals surface area contributed by atoms with Gasteiger partial charge in [0.15, 0.2) is 0 Å². The summed E-state index contributed by atoms with van der Waals surface area (Å²) < 4.78 is 0.841. The average molecular weight is 257 g/mol. The number of hydrogen-bond acceptors (Lipinski definition) is 1. The molecule has 1 radical (unpaired) electrons. The van der Waals surface area contributed by atoms with Gasteiger partial charge in [0.25, 0.3) is 0 Å². The van der Waals surface area contributed by atoms with Crippen LogP contribution in [0.5, 0.6) is 0 Å². The maximum absolute atomic E-state index is 6.04. The quantitative estimate of drug-likeness (QED) is 0.833. The van der Waals surface area contributed by atoms with E-state index in [2.05, 4.69) is 32.1 Å². The summed E-state index contributed by atoms with van der Waals surface area (Å²) >= 11 is 9.38. The molecule has 2 heterocycles. The first-order valence-electron chi connectivity index (χ1n) is 3.64. The molecule has 2 aromatic heterocycles. The number of pyridine rings is 1. The SMILES string of the molecule is Clc1c(Br)ccnc1-c1[c][nH]cc1. The molecule has 0 aliphatic rings. The second-order valence-corrected chi connectivity index (χ2v) is 3.70. The van der Waals surface area contributed by atoms with Gasteiger partial charge in [-0.1, -0.05) is 11.6 Å². The van der Waals surface area contributed by atoms with Gasteiger partial charge in [-0.05, 0) is 28.1 Å². The van der Waals surface area contributed by atoms with Crippen LogP contribution in [0.1, 0.15) is 0 Å². The van der Waals surface area contributed by atoms with Crippen molar-refractivity contribution >= 4 is 27.5 Å². The molecule has 0 saturated heterocycles. The zero-order valence-corrected chi connectivity index (χ0v) is 8.85. The van der Waals surface area contributed by atoms with Crippen molar-refractivity contribution in [3.05, 3.63) is 40.2 Å². The van der Waals surface area contributed by atoms with E-state index in [1.54, 1.807) is 18.5 Å². The normalized spacial score (nSPS) is 10.3. The van der Waals surface area contributed by atoms with Gasteiger partial charge in [-0.2, -0.15) is 0 Å². The Hall–Kier alpha value is -0.800. The number of hydrogen-bond donors (Lipinski definition) is 1. The fraction of sp³-hybridized carbons (Fsp3) is 0. The van der Waals surface area contributed by atoms with E-state index < -0.39 is 0 Å². The first-order chi connectivity index (χ1) is 6.29. The van der Waals surface area contributed by atoms with E-state index in [4.69, 9.17) is 11.6 Å². The molecule has 0 atom stereocenters. The molecule has 0 unspecified atom stereocenters. The standard InChI is InChI=1S/C9H5BrClN2/c10-7-2-4-13-9(8(7)11)6-1-3-12-5-6/h1-4,12H. The van der Waals surface area contributed by atoms with Crippen LogP contribution in [0.2, 0.25) is 5.02 Å². The van der Waals surface area contributed by atoms with Crippen LogP contribution in [0.3, 0.4) is 0 Å². The summed E-state index contributed by atoms with van der Waals surface area (Å²) in [6, 6.07) is 3.68. The molecule has 0 aliphatic carbocycles. The van der Waals surface area contributed by atoms with Gasteiger partial charge in [0.2, 0.25) is 0 Å². The van der Waals surface area contributed by atoms with Crippen LogP contribution in [0.4, 0.5) is 0 Å². The Morgan fingerprint density at radius 2 is 2.31 bits per heavy atom. The largest absolute Gasteiger partial charge is 0.359 e. The molecule has 0 spiro atoms. The molecule has 0 amide bonds. The van der Waals surface area contributed by atoms with Crippen LogP contribution in [-0.2, 0) is 0 Å². The van der Waals surface area contributed by atoms with E-state index in [0.29, 0.717) is 5.02 Å². The number of rotatable bonds is 1. The molecular weight excluding hydrogens is 251 g/mol. The lowest BCUT2D eigenvalue weighted by Crippen LogP contribution is -1.83. The highest BCUT2D eigenvalue weighted by atomic mass is 79.9. The summed E-state index contributed by atoms with van der Waals surface area (Å²) in [5, 5.41) is 0.610. The Labute approximate surface area is 89.1 Å². The Morgan fingerprint density at radius 1 is 1.46 bits per heavy atom. The second kappa shape index (κ2) is 3.52. The fourth-order valence-electron chi connectivity index (χ4n) is 1.03. The number of aromatic nitrogens is 2. The lowest BCUT2D eigenvalue weighted by molar-refractivity contribution is 1.31. The van der Waals surface area contributed by atoms with Crippen LogP contribution in [0.25, 0.3) is 11.3 Å². The van der Waals surface area contributed by atoms with Crippen molar-refractivity contribution in [2.45, 2.75) is 0 Å². The molecule has 2 rings (SSSR count). The summed E-state index contributed by atoms with van der Waals surface area (Å²) in [5.74, 6) is 0. The van der Waals surface area contributed by atoms with Crippen molar-refractivity contribution in [3.63, 3.8) is 0 Å². The van der Waals surface area contributed by atoms with Crippen molar-refractivity contribution < 1.29 is 0 Å². The molecule has 0 aliphatic heterocycles. The number of halogens is 2. The molecule has 0 aromatic carbocycles. The van der Waals surface area contributed by atoms with Gasteiger partial charge in [0.05, 0.1) is 16.9 Å². The Kier molecular flexibility index (Phi) is 2.38. The van der Waals surface area contributed by atoms with Gasteiger partial charge in [0, 0.05) is 22.4 Å². The molecule has 4 heteroatoms. The van der Waals surface area contributed by atoms with E-state index in [9.17, 15) is 0 Å². The minimum atomic E-state index is 0.610. The summed E-state index contributed by atoms with van der Waals surface area (Å²) in [5.41, 5.74) is 1.60. The number of nitrogens with one attached hydrogen (secondary N) is 1. The third-order valence-corrected chi connectivity index (χ3v) is 2.91.